The maximum absolute atomic E-state index is 7.57. The van der Waals surface area contributed by atoms with E-state index in [2.05, 4.69) is 0 Å². The van der Waals surface area contributed by atoms with Crippen molar-refractivity contribution in [2.75, 3.05) is 33.0 Å². The smallest absolute Gasteiger partial charge is 0.0402 e. The molecule has 0 atom stereocenters. The van der Waals surface area contributed by atoms with Gasteiger partial charge in [0, 0.05) is 52.5 Å². The van der Waals surface area contributed by atoms with E-state index in [1.807, 2.05) is 0 Å². The third-order valence-electron chi connectivity index (χ3n) is 0. The second-order valence-corrected chi connectivity index (χ2v) is 1.58. The maximum atomic E-state index is 7.57. The predicted molar refractivity (Wildman–Crippen MR) is 63.8 cm³/mol. The topological polar surface area (TPSA) is 101 Å². The van der Waals surface area contributed by atoms with Crippen molar-refractivity contribution in [3.63, 3.8) is 0 Å². The van der Waals surface area contributed by atoms with Gasteiger partial charge < -0.3 is 25.5 Å². The summed E-state index contributed by atoms with van der Waals surface area (Å²) in [5.74, 6) is 0. The van der Waals surface area contributed by atoms with Crippen LogP contribution in [0.2, 0.25) is 0 Å². The molecule has 0 saturated carbocycles. The van der Waals surface area contributed by atoms with E-state index in [4.69, 9.17) is 25.5 Å². The molecule has 0 aromatic heterocycles. The second kappa shape index (κ2) is 109. The molecule has 0 rings (SSSR count). The molecule has 0 saturated heterocycles. The molecule has 0 radical (unpaired) electrons. The fourth-order valence-corrected chi connectivity index (χ4v) is 0. The Hall–Kier alpha value is 0.423. The first kappa shape index (κ1) is 36.0. The Bertz CT molecular complexity index is 30.8. The molecule has 0 aliphatic heterocycles. The molecule has 6 heteroatoms. The third-order valence-corrected chi connectivity index (χ3v) is 0. The summed E-state index contributed by atoms with van der Waals surface area (Å²) in [5, 5.41) is 37.8. The first-order valence-corrected chi connectivity index (χ1v) is 5.12. The van der Waals surface area contributed by atoms with E-state index in [9.17, 15) is 0 Å². The van der Waals surface area contributed by atoms with Crippen LogP contribution in [0.5, 0.6) is 0 Å². The SMILES string of the molecule is CCO.CCO.CCO.CCO.CCO.[Ru]. The summed E-state index contributed by atoms with van der Waals surface area (Å²) >= 11 is 0. The fourth-order valence-electron chi connectivity index (χ4n) is 0. The van der Waals surface area contributed by atoms with Crippen molar-refractivity contribution >= 4 is 0 Å². The Morgan fingerprint density at radius 3 is 0.438 bits per heavy atom. The molecule has 0 amide bonds. The minimum absolute atomic E-state index is 0. The van der Waals surface area contributed by atoms with Crippen LogP contribution in [0.1, 0.15) is 34.6 Å². The van der Waals surface area contributed by atoms with E-state index < -0.39 is 0 Å². The van der Waals surface area contributed by atoms with Gasteiger partial charge in [0.2, 0.25) is 0 Å². The van der Waals surface area contributed by atoms with Crippen LogP contribution in [-0.4, -0.2) is 58.6 Å². The molecule has 0 fully saturated rings. The van der Waals surface area contributed by atoms with E-state index in [0.717, 1.165) is 0 Å². The zero-order valence-corrected chi connectivity index (χ0v) is 12.9. The van der Waals surface area contributed by atoms with Crippen LogP contribution in [0, 0.1) is 0 Å². The molecule has 0 unspecified atom stereocenters. The Morgan fingerprint density at radius 1 is 0.438 bits per heavy atom. The van der Waals surface area contributed by atoms with Gasteiger partial charge in [0.25, 0.3) is 0 Å². The van der Waals surface area contributed by atoms with Crippen molar-refractivity contribution in [3.8, 4) is 0 Å². The molecule has 5 N–H and O–H groups in total. The summed E-state index contributed by atoms with van der Waals surface area (Å²) in [4.78, 5) is 0. The van der Waals surface area contributed by atoms with Gasteiger partial charge in [-0.05, 0) is 34.6 Å². The summed E-state index contributed by atoms with van der Waals surface area (Å²) in [6.45, 7) is 9.65. The Kier molecular flexibility index (Phi) is 245. The van der Waals surface area contributed by atoms with E-state index in [1.54, 1.807) is 34.6 Å². The Morgan fingerprint density at radius 2 is 0.438 bits per heavy atom. The maximum Gasteiger partial charge on any atom is 0.0402 e. The molecule has 0 aliphatic carbocycles. The average Bonchev–Trinajstić information content (AvgIpc) is 2.09. The summed E-state index contributed by atoms with van der Waals surface area (Å²) < 4.78 is 0. The van der Waals surface area contributed by atoms with Crippen LogP contribution in [-0.2, 0) is 19.5 Å². The van der Waals surface area contributed by atoms with Crippen LogP contribution in [0.25, 0.3) is 0 Å². The van der Waals surface area contributed by atoms with Crippen LogP contribution in [0.3, 0.4) is 0 Å². The van der Waals surface area contributed by atoms with Crippen molar-refractivity contribution in [2.24, 2.45) is 0 Å². The minimum Gasteiger partial charge on any atom is -0.397 e. The molecule has 0 bridgehead atoms. The number of rotatable bonds is 0. The molecular formula is C10H30O5Ru. The zero-order valence-electron chi connectivity index (χ0n) is 11.1. The summed E-state index contributed by atoms with van der Waals surface area (Å²) in [6, 6.07) is 0. The number of hydrogen-bond donors (Lipinski definition) is 5. The molecule has 0 aromatic rings. The Labute approximate surface area is 113 Å². The van der Waals surface area contributed by atoms with Gasteiger partial charge in [-0.3, -0.25) is 0 Å². The molecular weight excluding hydrogens is 301 g/mol. The van der Waals surface area contributed by atoms with Gasteiger partial charge in [0.15, 0.2) is 0 Å². The van der Waals surface area contributed by atoms with Crippen molar-refractivity contribution < 1.29 is 45.0 Å². The predicted octanol–water partition coefficient (Wildman–Crippen LogP) is -0.00950. The monoisotopic (exact) mass is 332 g/mol. The van der Waals surface area contributed by atoms with Gasteiger partial charge in [-0.15, -0.1) is 0 Å². The molecule has 0 heterocycles. The standard InChI is InChI=1S/5C2H6O.Ru/c5*1-2-3;/h5*3H,2H2,1H3;. The van der Waals surface area contributed by atoms with Gasteiger partial charge in [0.1, 0.15) is 0 Å². The third kappa shape index (κ3) is 14500. The van der Waals surface area contributed by atoms with Crippen molar-refractivity contribution in [2.45, 2.75) is 34.6 Å². The fraction of sp³-hybridized carbons (Fsp3) is 1.00. The number of aliphatic hydroxyl groups is 5. The molecule has 0 aromatic carbocycles. The number of aliphatic hydroxyl groups excluding tert-OH is 5. The van der Waals surface area contributed by atoms with E-state index in [1.165, 1.54) is 0 Å². The average molecular weight is 331 g/mol. The Balaban J connectivity index is -0.0000000192. The summed E-state index contributed by atoms with van der Waals surface area (Å²) in [5.41, 5.74) is 0. The molecule has 0 aliphatic rings. The first-order valence-electron chi connectivity index (χ1n) is 5.12. The molecule has 108 valence electrons. The molecule has 0 spiro atoms. The van der Waals surface area contributed by atoms with Gasteiger partial charge in [0.05, 0.1) is 0 Å². The normalized spacial score (nSPS) is 5.62. The number of hydrogen-bond acceptors (Lipinski definition) is 5. The van der Waals surface area contributed by atoms with Gasteiger partial charge >= 0.3 is 0 Å². The largest absolute Gasteiger partial charge is 0.397 e. The zero-order chi connectivity index (χ0) is 13.5. The van der Waals surface area contributed by atoms with Crippen LogP contribution >= 0.6 is 0 Å². The van der Waals surface area contributed by atoms with Gasteiger partial charge in [-0.25, -0.2) is 0 Å². The summed E-state index contributed by atoms with van der Waals surface area (Å²) in [6.07, 6.45) is 0. The first-order chi connectivity index (χ1) is 7.07. The van der Waals surface area contributed by atoms with E-state index >= 15 is 0 Å². The van der Waals surface area contributed by atoms with Crippen LogP contribution in [0.4, 0.5) is 0 Å². The van der Waals surface area contributed by atoms with Crippen molar-refractivity contribution in [1.82, 2.24) is 0 Å². The molecule has 16 heavy (non-hydrogen) atoms. The summed E-state index contributed by atoms with van der Waals surface area (Å²) in [7, 11) is 0. The second-order valence-electron chi connectivity index (χ2n) is 1.58. The van der Waals surface area contributed by atoms with Gasteiger partial charge in [-0.1, -0.05) is 0 Å². The van der Waals surface area contributed by atoms with Crippen LogP contribution in [0.15, 0.2) is 0 Å². The quantitative estimate of drug-likeness (QED) is 0.402. The minimum atomic E-state index is 0. The van der Waals surface area contributed by atoms with Crippen LogP contribution < -0.4 is 0 Å². The molecule has 5 nitrogen and oxygen atoms in total. The van der Waals surface area contributed by atoms with Gasteiger partial charge in [-0.2, -0.15) is 0 Å². The van der Waals surface area contributed by atoms with E-state index in [-0.39, 0.29) is 52.5 Å². The van der Waals surface area contributed by atoms with Crippen molar-refractivity contribution in [3.05, 3.63) is 0 Å². The van der Waals surface area contributed by atoms with E-state index in [0.29, 0.717) is 0 Å². The van der Waals surface area contributed by atoms with Crippen molar-refractivity contribution in [1.29, 1.82) is 0 Å².